The molecule has 1 aliphatic rings. The molecule has 0 atom stereocenters. The van der Waals surface area contributed by atoms with Gasteiger partial charge in [0.1, 0.15) is 5.00 Å². The molecule has 3 rings (SSSR count). The van der Waals surface area contributed by atoms with Crippen molar-refractivity contribution >= 4 is 28.2 Å². The lowest BCUT2D eigenvalue weighted by atomic mass is 9.76. The van der Waals surface area contributed by atoms with Gasteiger partial charge in [-0.1, -0.05) is 31.5 Å². The van der Waals surface area contributed by atoms with E-state index in [1.165, 1.54) is 11.3 Å². The number of fused-ring (bicyclic) bond motifs is 1. The molecule has 26 heavy (non-hydrogen) atoms. The van der Waals surface area contributed by atoms with Crippen LogP contribution in [0.4, 0.5) is 5.00 Å². The lowest BCUT2D eigenvalue weighted by Crippen LogP contribution is -2.22. The quantitative estimate of drug-likeness (QED) is 0.757. The van der Waals surface area contributed by atoms with E-state index in [2.05, 4.69) is 19.2 Å². The van der Waals surface area contributed by atoms with Crippen molar-refractivity contribution in [3.05, 3.63) is 50.9 Å². The molecule has 0 saturated heterocycles. The minimum Gasteiger partial charge on any atom is -0.478 e. The third-order valence-corrected chi connectivity index (χ3v) is 6.15. The van der Waals surface area contributed by atoms with Crippen LogP contribution in [0.25, 0.3) is 0 Å². The Labute approximate surface area is 157 Å². The van der Waals surface area contributed by atoms with Crippen LogP contribution in [0.15, 0.2) is 18.2 Å². The zero-order chi connectivity index (χ0) is 19.1. The van der Waals surface area contributed by atoms with Gasteiger partial charge in [0, 0.05) is 17.0 Å². The highest BCUT2D eigenvalue weighted by Gasteiger charge is 2.33. The number of anilines is 1. The minimum atomic E-state index is -0.988. The van der Waals surface area contributed by atoms with E-state index in [9.17, 15) is 14.7 Å². The molecule has 0 bridgehead atoms. The minimum absolute atomic E-state index is 0.0726. The summed E-state index contributed by atoms with van der Waals surface area (Å²) in [5.74, 6) is -1.30. The third-order valence-electron chi connectivity index (χ3n) is 4.94. The summed E-state index contributed by atoms with van der Waals surface area (Å²) >= 11 is 1.39. The number of nitrogens with one attached hydrogen (secondary N) is 1. The largest absolute Gasteiger partial charge is 0.478 e. The van der Waals surface area contributed by atoms with Crippen LogP contribution >= 0.6 is 11.3 Å². The second-order valence-electron chi connectivity index (χ2n) is 7.67. The molecule has 2 aromatic rings. The first-order chi connectivity index (χ1) is 12.2. The van der Waals surface area contributed by atoms with Crippen LogP contribution < -0.4 is 11.1 Å². The van der Waals surface area contributed by atoms with E-state index in [1.807, 2.05) is 19.1 Å². The average molecular weight is 372 g/mol. The summed E-state index contributed by atoms with van der Waals surface area (Å²) < 4.78 is 0. The van der Waals surface area contributed by atoms with Crippen molar-refractivity contribution in [3.8, 4) is 0 Å². The molecule has 6 heteroatoms. The van der Waals surface area contributed by atoms with Gasteiger partial charge in [0.2, 0.25) is 0 Å². The van der Waals surface area contributed by atoms with Crippen LogP contribution in [-0.4, -0.2) is 17.0 Å². The van der Waals surface area contributed by atoms with Gasteiger partial charge in [-0.25, -0.2) is 4.79 Å². The van der Waals surface area contributed by atoms with Gasteiger partial charge in [-0.05, 0) is 48.8 Å². The highest BCUT2D eigenvalue weighted by Crippen LogP contribution is 2.43. The van der Waals surface area contributed by atoms with Crippen LogP contribution in [0.3, 0.4) is 0 Å². The second kappa shape index (κ2) is 6.85. The number of benzene rings is 1. The summed E-state index contributed by atoms with van der Waals surface area (Å²) in [7, 11) is 0. The normalized spacial score (nSPS) is 15.4. The molecule has 1 heterocycles. The predicted molar refractivity (Wildman–Crippen MR) is 104 cm³/mol. The summed E-state index contributed by atoms with van der Waals surface area (Å²) in [5, 5.41) is 13.0. The number of aryl methyl sites for hydroxylation is 2. The molecule has 0 aliphatic heterocycles. The number of hydrogen-bond donors (Lipinski definition) is 3. The van der Waals surface area contributed by atoms with E-state index in [0.29, 0.717) is 10.6 Å². The van der Waals surface area contributed by atoms with Crippen molar-refractivity contribution in [1.29, 1.82) is 0 Å². The fourth-order valence-electron chi connectivity index (χ4n) is 3.52. The summed E-state index contributed by atoms with van der Waals surface area (Å²) in [6, 6.07) is 5.48. The molecule has 1 aromatic carbocycles. The lowest BCUT2D eigenvalue weighted by molar-refractivity contribution is 0.0696. The first kappa shape index (κ1) is 18.6. The van der Waals surface area contributed by atoms with E-state index in [-0.39, 0.29) is 23.4 Å². The molecular weight excluding hydrogens is 348 g/mol. The SMILES string of the molecule is Cc1ccc(C(=O)Nc2sc3c(c2C(=O)O)CC(C)(C)CC3)c(CN)c1. The van der Waals surface area contributed by atoms with Gasteiger partial charge >= 0.3 is 5.97 Å². The Balaban J connectivity index is 1.97. The summed E-state index contributed by atoms with van der Waals surface area (Å²) in [6.07, 6.45) is 2.58. The van der Waals surface area contributed by atoms with Crippen LogP contribution in [0.2, 0.25) is 0 Å². The number of hydrogen-bond acceptors (Lipinski definition) is 4. The molecule has 4 N–H and O–H groups in total. The number of amides is 1. The number of aromatic carboxylic acids is 1. The second-order valence-corrected chi connectivity index (χ2v) is 8.78. The van der Waals surface area contributed by atoms with Gasteiger partial charge in [0.05, 0.1) is 5.56 Å². The lowest BCUT2D eigenvalue weighted by Gasteiger charge is -2.29. The molecule has 0 spiro atoms. The molecule has 0 unspecified atom stereocenters. The van der Waals surface area contributed by atoms with Gasteiger partial charge in [-0.2, -0.15) is 0 Å². The van der Waals surface area contributed by atoms with Crippen molar-refractivity contribution in [2.75, 3.05) is 5.32 Å². The number of rotatable bonds is 4. The summed E-state index contributed by atoms with van der Waals surface area (Å²) in [6.45, 7) is 6.50. The summed E-state index contributed by atoms with van der Waals surface area (Å²) in [4.78, 5) is 25.7. The highest BCUT2D eigenvalue weighted by molar-refractivity contribution is 7.17. The maximum Gasteiger partial charge on any atom is 0.339 e. The van der Waals surface area contributed by atoms with Gasteiger partial charge in [0.25, 0.3) is 5.91 Å². The maximum atomic E-state index is 12.8. The maximum absolute atomic E-state index is 12.8. The Bertz CT molecular complexity index is 883. The van der Waals surface area contributed by atoms with Gasteiger partial charge < -0.3 is 16.2 Å². The van der Waals surface area contributed by atoms with E-state index in [0.717, 1.165) is 40.8 Å². The van der Waals surface area contributed by atoms with Crippen molar-refractivity contribution in [2.45, 2.75) is 46.6 Å². The zero-order valence-corrected chi connectivity index (χ0v) is 16.1. The zero-order valence-electron chi connectivity index (χ0n) is 15.3. The number of carboxylic acids is 1. The molecule has 0 fully saturated rings. The highest BCUT2D eigenvalue weighted by atomic mass is 32.1. The van der Waals surface area contributed by atoms with Crippen molar-refractivity contribution in [2.24, 2.45) is 11.1 Å². The fourth-order valence-corrected chi connectivity index (χ4v) is 4.72. The average Bonchev–Trinajstić information content (AvgIpc) is 2.90. The van der Waals surface area contributed by atoms with Crippen LogP contribution in [0.5, 0.6) is 0 Å². The Morgan fingerprint density at radius 3 is 2.73 bits per heavy atom. The van der Waals surface area contributed by atoms with Crippen molar-refractivity contribution in [3.63, 3.8) is 0 Å². The van der Waals surface area contributed by atoms with E-state index < -0.39 is 5.97 Å². The monoisotopic (exact) mass is 372 g/mol. The molecule has 0 saturated carbocycles. The molecule has 1 aromatic heterocycles. The van der Waals surface area contributed by atoms with Crippen molar-refractivity contribution in [1.82, 2.24) is 0 Å². The first-order valence-corrected chi connectivity index (χ1v) is 9.52. The number of thiophene rings is 1. The smallest absolute Gasteiger partial charge is 0.339 e. The first-order valence-electron chi connectivity index (χ1n) is 8.70. The van der Waals surface area contributed by atoms with Gasteiger partial charge in [0.15, 0.2) is 0 Å². The molecule has 0 radical (unpaired) electrons. The third kappa shape index (κ3) is 3.52. The number of nitrogens with two attached hydrogens (primary N) is 1. The Kier molecular flexibility index (Phi) is 4.90. The molecular formula is C20H24N2O3S. The van der Waals surface area contributed by atoms with E-state index >= 15 is 0 Å². The molecule has 5 nitrogen and oxygen atoms in total. The summed E-state index contributed by atoms with van der Waals surface area (Å²) in [5.41, 5.74) is 9.22. The number of carbonyl (C=O) groups excluding carboxylic acids is 1. The Hall–Kier alpha value is -2.18. The molecule has 1 amide bonds. The van der Waals surface area contributed by atoms with E-state index in [4.69, 9.17) is 5.73 Å². The van der Waals surface area contributed by atoms with Crippen molar-refractivity contribution < 1.29 is 14.7 Å². The van der Waals surface area contributed by atoms with Gasteiger partial charge in [-0.3, -0.25) is 4.79 Å². The van der Waals surface area contributed by atoms with Crippen LogP contribution in [0.1, 0.15) is 62.6 Å². The van der Waals surface area contributed by atoms with Crippen LogP contribution in [-0.2, 0) is 19.4 Å². The number of carbonyl (C=O) groups is 2. The topological polar surface area (TPSA) is 92.4 Å². The van der Waals surface area contributed by atoms with Gasteiger partial charge in [-0.15, -0.1) is 11.3 Å². The number of carboxylic acid groups (broad SMARTS) is 1. The Morgan fingerprint density at radius 1 is 1.35 bits per heavy atom. The molecule has 138 valence electrons. The predicted octanol–water partition coefficient (Wildman–Crippen LogP) is 3.98. The fraction of sp³-hybridized carbons (Fsp3) is 0.400. The molecule has 1 aliphatic carbocycles. The standard InChI is InChI=1S/C20H24N2O3S/c1-11-4-5-13(12(8-11)10-21)17(23)22-18-16(19(24)25)14-9-20(2,3)7-6-15(14)26-18/h4-5,8H,6-7,9-10,21H2,1-3H3,(H,22,23)(H,24,25). The Morgan fingerprint density at radius 2 is 2.08 bits per heavy atom. The van der Waals surface area contributed by atoms with E-state index in [1.54, 1.807) is 6.07 Å². The van der Waals surface area contributed by atoms with Crippen LogP contribution in [0, 0.1) is 12.3 Å².